The molecular weight excluding hydrogens is 283 g/mol. The second kappa shape index (κ2) is 7.24. The van der Waals surface area contributed by atoms with Crippen molar-refractivity contribution in [1.29, 1.82) is 0 Å². The van der Waals surface area contributed by atoms with Gasteiger partial charge in [-0.25, -0.2) is 9.78 Å². The summed E-state index contributed by atoms with van der Waals surface area (Å²) in [5.74, 6) is -0.582. The van der Waals surface area contributed by atoms with Crippen LogP contribution in [0.2, 0.25) is 5.02 Å². The van der Waals surface area contributed by atoms with E-state index in [9.17, 15) is 9.18 Å². The van der Waals surface area contributed by atoms with Gasteiger partial charge in [-0.2, -0.15) is 4.39 Å². The molecule has 1 N–H and O–H groups in total. The molecule has 0 aliphatic rings. The second-order valence-electron chi connectivity index (χ2n) is 5.15. The zero-order valence-corrected chi connectivity index (χ0v) is 12.5. The monoisotopic (exact) mass is 300 g/mol. The third kappa shape index (κ3) is 6.52. The molecule has 0 aliphatic carbocycles. The predicted octanol–water partition coefficient (Wildman–Crippen LogP) is 3.80. The van der Waals surface area contributed by atoms with Crippen molar-refractivity contribution in [2.24, 2.45) is 0 Å². The van der Waals surface area contributed by atoms with Crippen molar-refractivity contribution in [3.05, 3.63) is 34.9 Å². The number of carbonyl (C=O) groups is 1. The maximum Gasteiger partial charge on any atom is 0.407 e. The van der Waals surface area contributed by atoms with Crippen LogP contribution in [-0.2, 0) is 4.74 Å². The Morgan fingerprint density at radius 1 is 1.55 bits per heavy atom. The Labute approximate surface area is 123 Å². The van der Waals surface area contributed by atoms with Crippen LogP contribution < -0.4 is 5.32 Å². The van der Waals surface area contributed by atoms with Crippen molar-refractivity contribution in [2.75, 3.05) is 6.54 Å². The van der Waals surface area contributed by atoms with Crippen molar-refractivity contribution in [3.63, 3.8) is 0 Å². The van der Waals surface area contributed by atoms with Gasteiger partial charge in [-0.05, 0) is 32.8 Å². The topological polar surface area (TPSA) is 51.2 Å². The van der Waals surface area contributed by atoms with Crippen LogP contribution in [0.15, 0.2) is 18.3 Å². The fourth-order valence-electron chi connectivity index (χ4n) is 1.34. The summed E-state index contributed by atoms with van der Waals surface area (Å²) >= 11 is 5.86. The fourth-order valence-corrected chi connectivity index (χ4v) is 1.50. The zero-order valence-electron chi connectivity index (χ0n) is 11.7. The minimum Gasteiger partial charge on any atom is -0.444 e. The van der Waals surface area contributed by atoms with E-state index in [1.165, 1.54) is 12.3 Å². The molecule has 0 saturated heterocycles. The van der Waals surface area contributed by atoms with Crippen LogP contribution >= 0.6 is 11.6 Å². The average molecular weight is 301 g/mol. The minimum absolute atomic E-state index is 0.378. The predicted molar refractivity (Wildman–Crippen MR) is 77.1 cm³/mol. The quantitative estimate of drug-likeness (QED) is 0.679. The maximum atomic E-state index is 12.9. The molecule has 1 rings (SSSR count). The lowest BCUT2D eigenvalue weighted by Crippen LogP contribution is -2.32. The lowest BCUT2D eigenvalue weighted by molar-refractivity contribution is 0.0529. The molecule has 0 saturated carbocycles. The number of nitrogens with zero attached hydrogens (tertiary/aromatic N) is 1. The molecular formula is C14H18ClFN2O2. The number of nitrogens with one attached hydrogen (secondary N) is 1. The van der Waals surface area contributed by atoms with Crippen LogP contribution in [0.25, 0.3) is 6.08 Å². The highest BCUT2D eigenvalue weighted by molar-refractivity contribution is 6.31. The third-order valence-electron chi connectivity index (χ3n) is 2.13. The standard InChI is InChI=1S/C14H18ClFN2O2/c1-14(2,3)20-13(19)17-7-5-4-6-10-8-12(16)18-9-11(10)15/h4,6,8-9H,5,7H2,1-3H3,(H,17,19). The van der Waals surface area contributed by atoms with Gasteiger partial charge in [0.25, 0.3) is 0 Å². The molecule has 0 bridgehead atoms. The number of carbonyl (C=O) groups excluding carboxylic acids is 1. The van der Waals surface area contributed by atoms with E-state index in [0.29, 0.717) is 23.6 Å². The minimum atomic E-state index is -0.582. The van der Waals surface area contributed by atoms with Crippen molar-refractivity contribution >= 4 is 23.8 Å². The SMILES string of the molecule is CC(C)(C)OC(=O)NCCC=Cc1cc(F)ncc1Cl. The molecule has 1 amide bonds. The number of rotatable bonds is 4. The molecule has 20 heavy (non-hydrogen) atoms. The van der Waals surface area contributed by atoms with Crippen LogP contribution in [0.3, 0.4) is 0 Å². The molecule has 1 heterocycles. The maximum absolute atomic E-state index is 12.9. The number of halogens is 2. The van der Waals surface area contributed by atoms with E-state index in [2.05, 4.69) is 10.3 Å². The summed E-state index contributed by atoms with van der Waals surface area (Å²) in [4.78, 5) is 14.8. The number of hydrogen-bond acceptors (Lipinski definition) is 3. The van der Waals surface area contributed by atoms with Gasteiger partial charge in [0.05, 0.1) is 5.02 Å². The Morgan fingerprint density at radius 3 is 2.90 bits per heavy atom. The second-order valence-corrected chi connectivity index (χ2v) is 5.56. The van der Waals surface area contributed by atoms with Crippen molar-refractivity contribution in [2.45, 2.75) is 32.8 Å². The van der Waals surface area contributed by atoms with Crippen LogP contribution in [-0.4, -0.2) is 23.2 Å². The summed E-state index contributed by atoms with van der Waals surface area (Å²) in [6.07, 6.45) is 4.86. The highest BCUT2D eigenvalue weighted by Crippen LogP contribution is 2.16. The van der Waals surface area contributed by atoms with Crippen LogP contribution in [0.1, 0.15) is 32.8 Å². The smallest absolute Gasteiger partial charge is 0.407 e. The molecule has 0 fully saturated rings. The first-order valence-corrected chi connectivity index (χ1v) is 6.60. The highest BCUT2D eigenvalue weighted by Gasteiger charge is 2.15. The summed E-state index contributed by atoms with van der Waals surface area (Å²) in [6, 6.07) is 1.25. The van der Waals surface area contributed by atoms with E-state index in [0.717, 1.165) is 0 Å². The molecule has 0 aliphatic heterocycles. The number of aromatic nitrogens is 1. The van der Waals surface area contributed by atoms with E-state index < -0.39 is 17.6 Å². The Hall–Kier alpha value is -1.62. The number of hydrogen-bond donors (Lipinski definition) is 1. The van der Waals surface area contributed by atoms with Crippen molar-refractivity contribution in [3.8, 4) is 0 Å². The van der Waals surface area contributed by atoms with Crippen LogP contribution in [0.4, 0.5) is 9.18 Å². The van der Waals surface area contributed by atoms with E-state index in [-0.39, 0.29) is 0 Å². The van der Waals surface area contributed by atoms with E-state index in [1.54, 1.807) is 32.9 Å². The fraction of sp³-hybridized carbons (Fsp3) is 0.429. The molecule has 0 radical (unpaired) electrons. The van der Waals surface area contributed by atoms with Gasteiger partial charge < -0.3 is 10.1 Å². The number of ether oxygens (including phenoxy) is 1. The largest absolute Gasteiger partial charge is 0.444 e. The summed E-state index contributed by atoms with van der Waals surface area (Å²) < 4.78 is 18.0. The Balaban J connectivity index is 2.36. The Bertz CT molecular complexity index is 498. The van der Waals surface area contributed by atoms with Gasteiger partial charge in [-0.1, -0.05) is 23.8 Å². The van der Waals surface area contributed by atoms with Gasteiger partial charge in [0.1, 0.15) is 5.60 Å². The molecule has 110 valence electrons. The van der Waals surface area contributed by atoms with Crippen LogP contribution in [0, 0.1) is 5.95 Å². The first-order valence-electron chi connectivity index (χ1n) is 6.22. The van der Waals surface area contributed by atoms with Gasteiger partial charge in [0.15, 0.2) is 0 Å². The van der Waals surface area contributed by atoms with Crippen molar-refractivity contribution in [1.82, 2.24) is 10.3 Å². The lowest BCUT2D eigenvalue weighted by Gasteiger charge is -2.19. The first-order chi connectivity index (χ1) is 9.28. The molecule has 0 unspecified atom stereocenters. The molecule has 0 aromatic carbocycles. The summed E-state index contributed by atoms with van der Waals surface area (Å²) in [5, 5.41) is 3.00. The Kier molecular flexibility index (Phi) is 5.95. The lowest BCUT2D eigenvalue weighted by atomic mass is 10.2. The first kappa shape index (κ1) is 16.4. The molecule has 1 aromatic rings. The molecule has 1 aromatic heterocycles. The highest BCUT2D eigenvalue weighted by atomic mass is 35.5. The van der Waals surface area contributed by atoms with Crippen LogP contribution in [0.5, 0.6) is 0 Å². The van der Waals surface area contributed by atoms with E-state index in [1.807, 2.05) is 0 Å². The van der Waals surface area contributed by atoms with Gasteiger partial charge in [0.2, 0.25) is 5.95 Å². The Morgan fingerprint density at radius 2 is 2.25 bits per heavy atom. The summed E-state index contributed by atoms with van der Waals surface area (Å²) in [6.45, 7) is 5.82. The number of amides is 1. The van der Waals surface area contributed by atoms with Gasteiger partial charge >= 0.3 is 6.09 Å². The van der Waals surface area contributed by atoms with Gasteiger partial charge in [-0.3, -0.25) is 0 Å². The third-order valence-corrected chi connectivity index (χ3v) is 2.44. The number of pyridine rings is 1. The molecule has 0 atom stereocenters. The van der Waals surface area contributed by atoms with Gasteiger partial charge in [-0.15, -0.1) is 0 Å². The van der Waals surface area contributed by atoms with E-state index in [4.69, 9.17) is 16.3 Å². The molecule has 6 heteroatoms. The average Bonchev–Trinajstić information content (AvgIpc) is 2.30. The normalized spacial score (nSPS) is 11.7. The molecule has 0 spiro atoms. The molecule has 4 nitrogen and oxygen atoms in total. The zero-order chi connectivity index (χ0) is 15.2. The van der Waals surface area contributed by atoms with E-state index >= 15 is 0 Å². The summed E-state index contributed by atoms with van der Waals surface area (Å²) in [7, 11) is 0. The van der Waals surface area contributed by atoms with Gasteiger partial charge in [0, 0.05) is 18.8 Å². The number of alkyl carbamates (subject to hydrolysis) is 1. The van der Waals surface area contributed by atoms with Crippen molar-refractivity contribution < 1.29 is 13.9 Å². The summed E-state index contributed by atoms with van der Waals surface area (Å²) in [5.41, 5.74) is 0.0404.